The summed E-state index contributed by atoms with van der Waals surface area (Å²) >= 11 is 0. The normalized spacial score (nSPS) is 22.6. The van der Waals surface area contributed by atoms with Crippen molar-refractivity contribution < 1.29 is 4.74 Å². The van der Waals surface area contributed by atoms with Gasteiger partial charge in [0.05, 0.1) is 29.5 Å². The summed E-state index contributed by atoms with van der Waals surface area (Å²) in [6.45, 7) is 2.21. The summed E-state index contributed by atoms with van der Waals surface area (Å²) in [5.41, 5.74) is 1.94. The number of morpholine rings is 1. The molecule has 1 aromatic carbocycles. The first kappa shape index (κ1) is 12.0. The Morgan fingerprint density at radius 1 is 1.16 bits per heavy atom. The van der Waals surface area contributed by atoms with Gasteiger partial charge in [0, 0.05) is 13.1 Å². The molecule has 1 saturated heterocycles. The quantitative estimate of drug-likeness (QED) is 0.809. The summed E-state index contributed by atoms with van der Waals surface area (Å²) in [5.74, 6) is 0.669. The molecule has 1 aromatic rings. The maximum Gasteiger partial charge on any atom is 0.101 e. The summed E-state index contributed by atoms with van der Waals surface area (Å²) in [6, 6.07) is 9.70. The third kappa shape index (κ3) is 2.28. The molecule has 0 amide bonds. The topological polar surface area (TPSA) is 60.0 Å². The predicted molar refractivity (Wildman–Crippen MR) is 70.5 cm³/mol. The van der Waals surface area contributed by atoms with Gasteiger partial charge >= 0.3 is 0 Å². The zero-order chi connectivity index (χ0) is 13.2. The van der Waals surface area contributed by atoms with Crippen LogP contribution in [0.3, 0.4) is 0 Å². The van der Waals surface area contributed by atoms with Crippen LogP contribution in [0.2, 0.25) is 0 Å². The van der Waals surface area contributed by atoms with E-state index in [4.69, 9.17) is 4.74 Å². The Bertz CT molecular complexity index is 533. The zero-order valence-electron chi connectivity index (χ0n) is 10.7. The molecule has 96 valence electrons. The van der Waals surface area contributed by atoms with E-state index in [-0.39, 0.29) is 6.10 Å². The molecule has 2 fully saturated rings. The van der Waals surface area contributed by atoms with E-state index in [0.717, 1.165) is 18.8 Å². The second-order valence-corrected chi connectivity index (χ2v) is 5.12. The molecule has 4 nitrogen and oxygen atoms in total. The molecule has 4 heteroatoms. The first-order valence-corrected chi connectivity index (χ1v) is 6.63. The van der Waals surface area contributed by atoms with Gasteiger partial charge in [0.15, 0.2) is 0 Å². The maximum atomic E-state index is 9.24. The number of hydrogen-bond acceptors (Lipinski definition) is 4. The van der Waals surface area contributed by atoms with Crippen LogP contribution < -0.4 is 4.90 Å². The van der Waals surface area contributed by atoms with Gasteiger partial charge in [-0.25, -0.2) is 0 Å². The largest absolute Gasteiger partial charge is 0.374 e. The molecule has 1 heterocycles. The highest BCUT2D eigenvalue weighted by Crippen LogP contribution is 2.37. The molecule has 0 aromatic heterocycles. The molecule has 1 aliphatic carbocycles. The minimum absolute atomic E-state index is 0.257. The first-order valence-electron chi connectivity index (χ1n) is 6.63. The molecule has 1 atom stereocenters. The van der Waals surface area contributed by atoms with Crippen molar-refractivity contribution in [1.29, 1.82) is 10.5 Å². The molecule has 3 rings (SSSR count). The lowest BCUT2D eigenvalue weighted by atomic mass is 10.1. The van der Waals surface area contributed by atoms with Crippen LogP contribution in [-0.2, 0) is 4.74 Å². The number of anilines is 1. The molecule has 1 aliphatic heterocycles. The first-order chi connectivity index (χ1) is 9.33. The van der Waals surface area contributed by atoms with E-state index in [9.17, 15) is 10.5 Å². The van der Waals surface area contributed by atoms with Gasteiger partial charge in [-0.3, -0.25) is 0 Å². The molecular weight excluding hydrogens is 238 g/mol. The van der Waals surface area contributed by atoms with Gasteiger partial charge in [0.1, 0.15) is 12.1 Å². The van der Waals surface area contributed by atoms with Crippen LogP contribution >= 0.6 is 0 Å². The Morgan fingerprint density at radius 3 is 2.42 bits per heavy atom. The van der Waals surface area contributed by atoms with E-state index in [1.165, 1.54) is 12.8 Å². The maximum absolute atomic E-state index is 9.24. The van der Waals surface area contributed by atoms with Crippen molar-refractivity contribution in [2.45, 2.75) is 18.9 Å². The summed E-state index contributed by atoms with van der Waals surface area (Å²) in [4.78, 5) is 2.14. The van der Waals surface area contributed by atoms with Gasteiger partial charge in [0.2, 0.25) is 0 Å². The number of nitriles is 2. The lowest BCUT2D eigenvalue weighted by Gasteiger charge is -2.35. The Hall–Kier alpha value is -2.04. The molecule has 1 saturated carbocycles. The number of ether oxygens (including phenoxy) is 1. The third-order valence-electron chi connectivity index (χ3n) is 3.83. The number of benzene rings is 1. The van der Waals surface area contributed by atoms with Gasteiger partial charge in [-0.2, -0.15) is 10.5 Å². The van der Waals surface area contributed by atoms with Gasteiger partial charge in [0.25, 0.3) is 0 Å². The summed E-state index contributed by atoms with van der Waals surface area (Å²) < 4.78 is 5.79. The van der Waals surface area contributed by atoms with Crippen LogP contribution in [0.25, 0.3) is 0 Å². The molecule has 1 unspecified atom stereocenters. The molecular formula is C15H15N3O. The minimum Gasteiger partial charge on any atom is -0.374 e. The van der Waals surface area contributed by atoms with Gasteiger partial charge in [-0.1, -0.05) is 6.07 Å². The molecule has 2 aliphatic rings. The fourth-order valence-electron chi connectivity index (χ4n) is 2.70. The second-order valence-electron chi connectivity index (χ2n) is 5.12. The van der Waals surface area contributed by atoms with Crippen molar-refractivity contribution in [2.24, 2.45) is 5.92 Å². The molecule has 19 heavy (non-hydrogen) atoms. The number of hydrogen-bond donors (Lipinski definition) is 0. The summed E-state index contributed by atoms with van der Waals surface area (Å²) in [6.07, 6.45) is 2.74. The fourth-order valence-corrected chi connectivity index (χ4v) is 2.70. The van der Waals surface area contributed by atoms with Crippen molar-refractivity contribution in [3.05, 3.63) is 29.3 Å². The van der Waals surface area contributed by atoms with Crippen LogP contribution in [0.5, 0.6) is 0 Å². The second kappa shape index (κ2) is 4.91. The van der Waals surface area contributed by atoms with Crippen molar-refractivity contribution in [2.75, 3.05) is 24.6 Å². The van der Waals surface area contributed by atoms with E-state index in [1.54, 1.807) is 18.2 Å². The van der Waals surface area contributed by atoms with Gasteiger partial charge in [-0.05, 0) is 30.9 Å². The van der Waals surface area contributed by atoms with E-state index < -0.39 is 0 Å². The minimum atomic E-state index is 0.257. The van der Waals surface area contributed by atoms with Crippen molar-refractivity contribution >= 4 is 5.69 Å². The van der Waals surface area contributed by atoms with E-state index in [1.807, 2.05) is 0 Å². The van der Waals surface area contributed by atoms with Crippen LogP contribution in [0.15, 0.2) is 18.2 Å². The Labute approximate surface area is 112 Å². The van der Waals surface area contributed by atoms with E-state index in [2.05, 4.69) is 17.0 Å². The number of rotatable bonds is 2. The SMILES string of the molecule is N#Cc1cccc(C#N)c1N1CCOC(C2CC2)C1. The third-order valence-corrected chi connectivity index (χ3v) is 3.83. The molecule has 0 bridgehead atoms. The van der Waals surface area contributed by atoms with Crippen LogP contribution in [0.4, 0.5) is 5.69 Å². The van der Waals surface area contributed by atoms with Crippen LogP contribution in [0.1, 0.15) is 24.0 Å². The standard InChI is InChI=1S/C15H15N3O/c16-8-12-2-1-3-13(9-17)15(12)18-6-7-19-14(10-18)11-4-5-11/h1-3,11,14H,4-7,10H2. The fraction of sp³-hybridized carbons (Fsp3) is 0.467. The lowest BCUT2D eigenvalue weighted by molar-refractivity contribution is 0.0263. The monoisotopic (exact) mass is 253 g/mol. The van der Waals surface area contributed by atoms with Crippen molar-refractivity contribution in [3.8, 4) is 12.1 Å². The van der Waals surface area contributed by atoms with Gasteiger partial charge < -0.3 is 9.64 Å². The van der Waals surface area contributed by atoms with E-state index >= 15 is 0 Å². The predicted octanol–water partition coefficient (Wildman–Crippen LogP) is 2.05. The average Bonchev–Trinajstić information content (AvgIpc) is 3.31. The number of nitrogens with zero attached hydrogens (tertiary/aromatic N) is 3. The molecule has 0 N–H and O–H groups in total. The smallest absolute Gasteiger partial charge is 0.101 e. The summed E-state index contributed by atoms with van der Waals surface area (Å²) in [5, 5.41) is 18.5. The van der Waals surface area contributed by atoms with Crippen molar-refractivity contribution in [3.63, 3.8) is 0 Å². The van der Waals surface area contributed by atoms with Gasteiger partial charge in [-0.15, -0.1) is 0 Å². The highest BCUT2D eigenvalue weighted by molar-refractivity contribution is 5.68. The Morgan fingerprint density at radius 2 is 1.84 bits per heavy atom. The van der Waals surface area contributed by atoms with Crippen molar-refractivity contribution in [1.82, 2.24) is 0 Å². The van der Waals surface area contributed by atoms with Crippen LogP contribution in [0, 0.1) is 28.6 Å². The Balaban J connectivity index is 1.92. The zero-order valence-corrected chi connectivity index (χ0v) is 10.7. The highest BCUT2D eigenvalue weighted by atomic mass is 16.5. The van der Waals surface area contributed by atoms with E-state index in [0.29, 0.717) is 23.7 Å². The highest BCUT2D eigenvalue weighted by Gasteiger charge is 2.36. The number of para-hydroxylation sites is 1. The lowest BCUT2D eigenvalue weighted by Crippen LogP contribution is -2.44. The Kier molecular flexibility index (Phi) is 3.11. The molecule has 0 spiro atoms. The average molecular weight is 253 g/mol. The molecule has 0 radical (unpaired) electrons. The summed E-state index contributed by atoms with van der Waals surface area (Å²) in [7, 11) is 0. The van der Waals surface area contributed by atoms with Crippen LogP contribution in [-0.4, -0.2) is 25.8 Å².